The van der Waals surface area contributed by atoms with Crippen LogP contribution in [0.4, 0.5) is 0 Å². The van der Waals surface area contributed by atoms with E-state index in [0.29, 0.717) is 6.54 Å². The van der Waals surface area contributed by atoms with E-state index in [0.717, 1.165) is 15.8 Å². The number of methoxy groups -OCH3 is 1. The Hall–Kier alpha value is -0.580. The van der Waals surface area contributed by atoms with Crippen molar-refractivity contribution in [2.75, 3.05) is 13.7 Å². The van der Waals surface area contributed by atoms with Gasteiger partial charge in [0.25, 0.3) is 0 Å². The molecular weight excluding hydrogens is 268 g/mol. The summed E-state index contributed by atoms with van der Waals surface area (Å²) < 4.78 is 6.09. The third kappa shape index (κ3) is 2.75. The van der Waals surface area contributed by atoms with Gasteiger partial charge in [-0.3, -0.25) is 0 Å². The van der Waals surface area contributed by atoms with Crippen molar-refractivity contribution in [2.45, 2.75) is 19.9 Å². The van der Waals surface area contributed by atoms with Gasteiger partial charge in [0, 0.05) is 6.04 Å². The summed E-state index contributed by atoms with van der Waals surface area (Å²) in [4.78, 5) is 0. The summed E-state index contributed by atoms with van der Waals surface area (Å²) in [6.07, 6.45) is 0. The lowest BCUT2D eigenvalue weighted by molar-refractivity contribution is 0.301. The normalized spacial score (nSPS) is 13.6. The fourth-order valence-corrected chi connectivity index (χ4v) is 2.01. The minimum atomic E-state index is -0.117. The number of rotatable bonds is 4. The summed E-state index contributed by atoms with van der Waals surface area (Å²) in [5.41, 5.74) is 12.9. The maximum Gasteiger partial charge on any atom is 0.133 e. The van der Waals surface area contributed by atoms with Gasteiger partial charge in [-0.25, -0.2) is 0 Å². The summed E-state index contributed by atoms with van der Waals surface area (Å²) in [5, 5.41) is 0. The highest BCUT2D eigenvalue weighted by molar-refractivity contribution is 9.10. The lowest BCUT2D eigenvalue weighted by atomic mass is 9.81. The Morgan fingerprint density at radius 3 is 2.50 bits per heavy atom. The molecule has 0 aromatic heterocycles. The molecule has 90 valence electrons. The van der Waals surface area contributed by atoms with Crippen LogP contribution in [-0.4, -0.2) is 13.7 Å². The van der Waals surface area contributed by atoms with E-state index >= 15 is 0 Å². The van der Waals surface area contributed by atoms with Crippen molar-refractivity contribution in [1.82, 2.24) is 0 Å². The molecule has 0 saturated heterocycles. The van der Waals surface area contributed by atoms with Crippen LogP contribution in [0.2, 0.25) is 0 Å². The highest BCUT2D eigenvalue weighted by atomic mass is 79.9. The van der Waals surface area contributed by atoms with Crippen LogP contribution in [0.1, 0.15) is 25.5 Å². The molecule has 0 bridgehead atoms. The van der Waals surface area contributed by atoms with E-state index in [9.17, 15) is 0 Å². The largest absolute Gasteiger partial charge is 0.496 e. The third-order valence-electron chi connectivity index (χ3n) is 2.90. The zero-order chi connectivity index (χ0) is 12.3. The molecule has 0 aliphatic carbocycles. The van der Waals surface area contributed by atoms with Gasteiger partial charge in [-0.2, -0.15) is 0 Å². The molecule has 0 amide bonds. The highest BCUT2D eigenvalue weighted by Gasteiger charge is 2.26. The molecule has 1 rings (SSSR count). The summed E-state index contributed by atoms with van der Waals surface area (Å²) in [6.45, 7) is 4.68. The van der Waals surface area contributed by atoms with E-state index in [1.54, 1.807) is 7.11 Å². The van der Waals surface area contributed by atoms with E-state index < -0.39 is 0 Å². The van der Waals surface area contributed by atoms with E-state index in [4.69, 9.17) is 16.2 Å². The molecule has 1 unspecified atom stereocenters. The zero-order valence-electron chi connectivity index (χ0n) is 9.96. The fourth-order valence-electron chi connectivity index (χ4n) is 1.45. The van der Waals surface area contributed by atoms with Gasteiger partial charge in [-0.1, -0.05) is 19.9 Å². The van der Waals surface area contributed by atoms with E-state index in [2.05, 4.69) is 29.8 Å². The third-order valence-corrected chi connectivity index (χ3v) is 3.52. The Kier molecular flexibility index (Phi) is 4.35. The Morgan fingerprint density at radius 1 is 1.44 bits per heavy atom. The maximum atomic E-state index is 6.20. The molecule has 16 heavy (non-hydrogen) atoms. The Labute approximate surface area is 105 Å². The van der Waals surface area contributed by atoms with Gasteiger partial charge in [0.1, 0.15) is 5.75 Å². The molecule has 0 heterocycles. The molecule has 4 N–H and O–H groups in total. The molecule has 3 nitrogen and oxygen atoms in total. The molecule has 0 radical (unpaired) electrons. The van der Waals surface area contributed by atoms with Crippen molar-refractivity contribution in [3.63, 3.8) is 0 Å². The predicted molar refractivity (Wildman–Crippen MR) is 70.5 cm³/mol. The highest BCUT2D eigenvalue weighted by Crippen LogP contribution is 2.34. The first-order valence-electron chi connectivity index (χ1n) is 5.21. The molecule has 0 aliphatic rings. The van der Waals surface area contributed by atoms with Gasteiger partial charge < -0.3 is 16.2 Å². The molecule has 1 atom stereocenters. The SMILES string of the molecule is COc1ccc(C(N)C(C)(C)CN)cc1Br. The first-order valence-corrected chi connectivity index (χ1v) is 6.00. The van der Waals surface area contributed by atoms with Gasteiger partial charge in [-0.05, 0) is 45.6 Å². The van der Waals surface area contributed by atoms with Crippen LogP contribution in [0, 0.1) is 5.41 Å². The molecular formula is C12H19BrN2O. The average Bonchev–Trinajstić information content (AvgIpc) is 2.27. The number of hydrogen-bond acceptors (Lipinski definition) is 3. The quantitative estimate of drug-likeness (QED) is 0.894. The Bertz CT molecular complexity index is 366. The molecule has 4 heteroatoms. The van der Waals surface area contributed by atoms with Crippen molar-refractivity contribution >= 4 is 15.9 Å². The predicted octanol–water partition coefficient (Wildman–Crippen LogP) is 2.44. The Balaban J connectivity index is 3.02. The molecule has 1 aromatic carbocycles. The molecule has 0 fully saturated rings. The van der Waals surface area contributed by atoms with Crippen molar-refractivity contribution < 1.29 is 4.74 Å². The molecule has 0 saturated carbocycles. The second kappa shape index (κ2) is 5.17. The number of halogens is 1. The second-order valence-corrected chi connectivity index (χ2v) is 5.42. The van der Waals surface area contributed by atoms with Crippen LogP contribution in [0.15, 0.2) is 22.7 Å². The minimum absolute atomic E-state index is 0.0836. The number of ether oxygens (including phenoxy) is 1. The Morgan fingerprint density at radius 2 is 2.06 bits per heavy atom. The number of benzene rings is 1. The summed E-state index contributed by atoms with van der Waals surface area (Å²) in [5.74, 6) is 0.807. The number of nitrogens with two attached hydrogens (primary N) is 2. The maximum absolute atomic E-state index is 6.20. The van der Waals surface area contributed by atoms with Crippen LogP contribution in [0.5, 0.6) is 5.75 Å². The topological polar surface area (TPSA) is 61.3 Å². The fraction of sp³-hybridized carbons (Fsp3) is 0.500. The first kappa shape index (κ1) is 13.5. The van der Waals surface area contributed by atoms with Gasteiger partial charge in [0.15, 0.2) is 0 Å². The van der Waals surface area contributed by atoms with E-state index in [1.165, 1.54) is 0 Å². The lowest BCUT2D eigenvalue weighted by Crippen LogP contribution is -2.35. The lowest BCUT2D eigenvalue weighted by Gasteiger charge is -2.30. The first-order chi connectivity index (χ1) is 7.42. The van der Waals surface area contributed by atoms with E-state index in [-0.39, 0.29) is 11.5 Å². The van der Waals surface area contributed by atoms with Crippen molar-refractivity contribution in [1.29, 1.82) is 0 Å². The smallest absolute Gasteiger partial charge is 0.133 e. The standard InChI is InChI=1S/C12H19BrN2O/c1-12(2,7-14)11(15)8-4-5-10(16-3)9(13)6-8/h4-6,11H,7,14-15H2,1-3H3. The van der Waals surface area contributed by atoms with Crippen LogP contribution in [0.25, 0.3) is 0 Å². The van der Waals surface area contributed by atoms with Gasteiger partial charge >= 0.3 is 0 Å². The second-order valence-electron chi connectivity index (χ2n) is 4.56. The number of hydrogen-bond donors (Lipinski definition) is 2. The minimum Gasteiger partial charge on any atom is -0.496 e. The van der Waals surface area contributed by atoms with E-state index in [1.807, 2.05) is 18.2 Å². The van der Waals surface area contributed by atoms with Crippen molar-refractivity contribution in [3.8, 4) is 5.75 Å². The van der Waals surface area contributed by atoms with Crippen LogP contribution in [0.3, 0.4) is 0 Å². The monoisotopic (exact) mass is 286 g/mol. The van der Waals surface area contributed by atoms with Crippen LogP contribution < -0.4 is 16.2 Å². The summed E-state index contributed by atoms with van der Waals surface area (Å²) in [7, 11) is 1.64. The van der Waals surface area contributed by atoms with Gasteiger partial charge in [-0.15, -0.1) is 0 Å². The zero-order valence-corrected chi connectivity index (χ0v) is 11.5. The van der Waals surface area contributed by atoms with Gasteiger partial charge in [0.2, 0.25) is 0 Å². The van der Waals surface area contributed by atoms with Crippen LogP contribution >= 0.6 is 15.9 Å². The van der Waals surface area contributed by atoms with Crippen LogP contribution in [-0.2, 0) is 0 Å². The molecule has 1 aromatic rings. The van der Waals surface area contributed by atoms with Crippen molar-refractivity contribution in [3.05, 3.63) is 28.2 Å². The van der Waals surface area contributed by atoms with Gasteiger partial charge in [0.05, 0.1) is 11.6 Å². The molecule has 0 aliphatic heterocycles. The summed E-state index contributed by atoms with van der Waals surface area (Å²) in [6, 6.07) is 5.79. The van der Waals surface area contributed by atoms with Crippen molar-refractivity contribution in [2.24, 2.45) is 16.9 Å². The summed E-state index contributed by atoms with van der Waals surface area (Å²) >= 11 is 3.45. The average molecular weight is 287 g/mol. The molecule has 0 spiro atoms.